The van der Waals surface area contributed by atoms with Gasteiger partial charge in [-0.3, -0.25) is 10.2 Å². The Bertz CT molecular complexity index is 1310. The molecular formula is C24H24F3N7O4. The van der Waals surface area contributed by atoms with Crippen LogP contribution in [-0.2, 0) is 6.18 Å². The molecule has 3 aromatic rings. The molecular weight excluding hydrogens is 507 g/mol. The van der Waals surface area contributed by atoms with E-state index >= 15 is 0 Å². The van der Waals surface area contributed by atoms with Crippen LogP contribution >= 0.6 is 0 Å². The molecule has 2 amide bonds. The minimum Gasteiger partial charge on any atom is -0.488 e. The van der Waals surface area contributed by atoms with Crippen LogP contribution in [0.15, 0.2) is 42.9 Å². The first-order chi connectivity index (χ1) is 18.2. The van der Waals surface area contributed by atoms with Crippen molar-refractivity contribution in [3.05, 3.63) is 48.4 Å². The third-order valence-electron chi connectivity index (χ3n) is 6.25. The highest BCUT2D eigenvalue weighted by Gasteiger charge is 2.39. The van der Waals surface area contributed by atoms with Crippen molar-refractivity contribution in [1.29, 1.82) is 0 Å². The third kappa shape index (κ3) is 5.31. The van der Waals surface area contributed by atoms with E-state index in [-0.39, 0.29) is 35.7 Å². The van der Waals surface area contributed by atoms with Gasteiger partial charge in [-0.1, -0.05) is 12.1 Å². The van der Waals surface area contributed by atoms with Crippen LogP contribution in [0.1, 0.15) is 18.4 Å². The number of hydrogen-bond donors (Lipinski definition) is 3. The third-order valence-corrected chi connectivity index (χ3v) is 6.25. The molecule has 1 saturated heterocycles. The zero-order valence-corrected chi connectivity index (χ0v) is 20.0. The average Bonchev–Trinajstić information content (AvgIpc) is 2.92. The van der Waals surface area contributed by atoms with E-state index in [0.717, 1.165) is 25.1 Å². The van der Waals surface area contributed by atoms with E-state index in [2.05, 4.69) is 30.2 Å². The van der Waals surface area contributed by atoms with Crippen molar-refractivity contribution >= 4 is 23.5 Å². The summed E-state index contributed by atoms with van der Waals surface area (Å²) in [6, 6.07) is 3.97. The SMILES string of the molecule is O=C(Nc1ncc(OC[C@@H](O)CO)cn1)N1c2nc(-c3cccc(C(F)(F)F)c3)ncc2N2CCCC1C2. The van der Waals surface area contributed by atoms with E-state index in [0.29, 0.717) is 24.5 Å². The molecule has 200 valence electrons. The molecule has 11 nitrogen and oxygen atoms in total. The van der Waals surface area contributed by atoms with E-state index in [1.54, 1.807) is 0 Å². The molecule has 4 heterocycles. The quantitative estimate of drug-likeness (QED) is 0.439. The van der Waals surface area contributed by atoms with Gasteiger partial charge in [0.15, 0.2) is 17.4 Å². The molecule has 2 aromatic heterocycles. The normalized spacial score (nSPS) is 17.6. The van der Waals surface area contributed by atoms with E-state index < -0.39 is 30.5 Å². The number of anilines is 3. The number of piperidine rings is 1. The lowest BCUT2D eigenvalue weighted by atomic mass is 10.0. The van der Waals surface area contributed by atoms with E-state index in [4.69, 9.17) is 9.84 Å². The van der Waals surface area contributed by atoms with Crippen LogP contribution in [0.4, 0.5) is 35.4 Å². The number of aromatic nitrogens is 4. The molecule has 0 radical (unpaired) electrons. The number of ether oxygens (including phenoxy) is 1. The number of nitrogens with zero attached hydrogens (tertiary/aromatic N) is 6. The number of aliphatic hydroxyl groups is 2. The predicted octanol–water partition coefficient (Wildman–Crippen LogP) is 2.71. The molecule has 3 N–H and O–H groups in total. The highest BCUT2D eigenvalue weighted by atomic mass is 19.4. The number of halogens is 3. The zero-order valence-electron chi connectivity index (χ0n) is 20.0. The fourth-order valence-corrected chi connectivity index (χ4v) is 4.42. The summed E-state index contributed by atoms with van der Waals surface area (Å²) in [5.74, 6) is 0.590. The average molecular weight is 531 g/mol. The molecule has 5 rings (SSSR count). The number of fused-ring (bicyclic) bond motifs is 4. The van der Waals surface area contributed by atoms with Gasteiger partial charge in [0.1, 0.15) is 12.7 Å². The second-order valence-corrected chi connectivity index (χ2v) is 8.91. The first-order valence-electron chi connectivity index (χ1n) is 11.9. The monoisotopic (exact) mass is 531 g/mol. The largest absolute Gasteiger partial charge is 0.488 e. The van der Waals surface area contributed by atoms with E-state index in [9.17, 15) is 23.1 Å². The standard InChI is InChI=1S/C24H24F3N7O4/c25-24(26,27)15-4-1-3-14(7-15)20-28-10-19-21(31-20)34(16-5-2-6-33(19)11-16)23(37)32-22-29-8-18(9-30-22)38-13-17(36)12-35/h1,3-4,7-10,16-17,35-36H,2,5-6,11-13H2,(H,29,30,32,37)/t16?,17-/m0/s1. The van der Waals surface area contributed by atoms with Crippen molar-refractivity contribution in [2.75, 3.05) is 41.4 Å². The minimum absolute atomic E-state index is 0.00277. The molecule has 0 spiro atoms. The lowest BCUT2D eigenvalue weighted by Crippen LogP contribution is -2.56. The molecule has 2 aliphatic heterocycles. The Morgan fingerprint density at radius 1 is 1.21 bits per heavy atom. The Morgan fingerprint density at radius 2 is 2.00 bits per heavy atom. The van der Waals surface area contributed by atoms with E-state index in [1.807, 2.05) is 0 Å². The van der Waals surface area contributed by atoms with Gasteiger partial charge in [-0.25, -0.2) is 24.7 Å². The molecule has 0 aliphatic carbocycles. The van der Waals surface area contributed by atoms with Gasteiger partial charge in [-0.05, 0) is 25.0 Å². The highest BCUT2D eigenvalue weighted by Crippen LogP contribution is 2.39. The van der Waals surface area contributed by atoms with Crippen LogP contribution in [0, 0.1) is 0 Å². The van der Waals surface area contributed by atoms with Gasteiger partial charge in [0, 0.05) is 18.7 Å². The molecule has 1 fully saturated rings. The van der Waals surface area contributed by atoms with Crippen molar-refractivity contribution in [3.63, 3.8) is 0 Å². The van der Waals surface area contributed by atoms with Gasteiger partial charge in [-0.15, -0.1) is 0 Å². The van der Waals surface area contributed by atoms with E-state index in [1.165, 1.54) is 35.6 Å². The summed E-state index contributed by atoms with van der Waals surface area (Å²) in [7, 11) is 0. The molecule has 14 heteroatoms. The Kier molecular flexibility index (Phi) is 6.99. The highest BCUT2D eigenvalue weighted by molar-refractivity contribution is 6.03. The van der Waals surface area contributed by atoms with Crippen LogP contribution < -0.4 is 19.9 Å². The fraction of sp³-hybridized carbons (Fsp3) is 0.375. The number of hydrogen-bond acceptors (Lipinski definition) is 9. The summed E-state index contributed by atoms with van der Waals surface area (Å²) in [6.07, 6.45) is 0.145. The van der Waals surface area contributed by atoms with Gasteiger partial charge in [-0.2, -0.15) is 13.2 Å². The maximum Gasteiger partial charge on any atom is 0.416 e. The van der Waals surface area contributed by atoms with Crippen LogP contribution in [-0.4, -0.2) is 74.6 Å². The molecule has 38 heavy (non-hydrogen) atoms. The van der Waals surface area contributed by atoms with Crippen molar-refractivity contribution in [2.45, 2.75) is 31.2 Å². The number of aliphatic hydroxyl groups excluding tert-OH is 2. The first kappa shape index (κ1) is 25.6. The number of urea groups is 1. The zero-order chi connectivity index (χ0) is 26.9. The Labute approximate surface area is 214 Å². The van der Waals surface area contributed by atoms with Gasteiger partial charge in [0.05, 0.1) is 42.5 Å². The van der Waals surface area contributed by atoms with Crippen LogP contribution in [0.5, 0.6) is 5.75 Å². The maximum absolute atomic E-state index is 13.4. The van der Waals surface area contributed by atoms with Crippen molar-refractivity contribution in [1.82, 2.24) is 19.9 Å². The first-order valence-corrected chi connectivity index (χ1v) is 11.9. The number of carbonyl (C=O) groups is 1. The van der Waals surface area contributed by atoms with Gasteiger partial charge >= 0.3 is 12.2 Å². The smallest absolute Gasteiger partial charge is 0.416 e. The second-order valence-electron chi connectivity index (χ2n) is 8.91. The van der Waals surface area contributed by atoms with Crippen LogP contribution in [0.3, 0.4) is 0 Å². The summed E-state index contributed by atoms with van der Waals surface area (Å²) in [5.41, 5.74) is -0.0279. The molecule has 2 bridgehead atoms. The van der Waals surface area contributed by atoms with Crippen molar-refractivity contribution < 1.29 is 32.9 Å². The number of carbonyl (C=O) groups excluding carboxylic acids is 1. The van der Waals surface area contributed by atoms with Gasteiger partial charge in [0.2, 0.25) is 5.95 Å². The number of nitrogens with one attached hydrogen (secondary N) is 1. The Balaban J connectivity index is 1.41. The summed E-state index contributed by atoms with van der Waals surface area (Å²) in [6.45, 7) is 0.709. The second kappa shape index (κ2) is 10.4. The molecule has 1 aromatic carbocycles. The topological polar surface area (TPSA) is 137 Å². The van der Waals surface area contributed by atoms with Crippen molar-refractivity contribution in [2.24, 2.45) is 0 Å². The molecule has 2 atom stereocenters. The summed E-state index contributed by atoms with van der Waals surface area (Å²) in [4.78, 5) is 33.9. The summed E-state index contributed by atoms with van der Waals surface area (Å²) < 4.78 is 45.0. The summed E-state index contributed by atoms with van der Waals surface area (Å²) >= 11 is 0. The van der Waals surface area contributed by atoms with Gasteiger partial charge in [0.25, 0.3) is 0 Å². The lowest BCUT2D eigenvalue weighted by Gasteiger charge is -2.45. The number of benzene rings is 1. The fourth-order valence-electron chi connectivity index (χ4n) is 4.42. The lowest BCUT2D eigenvalue weighted by molar-refractivity contribution is -0.137. The van der Waals surface area contributed by atoms with Crippen LogP contribution in [0.25, 0.3) is 11.4 Å². The number of alkyl halides is 3. The van der Waals surface area contributed by atoms with Crippen molar-refractivity contribution in [3.8, 4) is 17.1 Å². The number of amides is 2. The predicted molar refractivity (Wildman–Crippen MR) is 130 cm³/mol. The molecule has 1 unspecified atom stereocenters. The van der Waals surface area contributed by atoms with Crippen LogP contribution in [0.2, 0.25) is 0 Å². The summed E-state index contributed by atoms with van der Waals surface area (Å²) in [5, 5.41) is 20.9. The number of rotatable bonds is 6. The van der Waals surface area contributed by atoms with Gasteiger partial charge < -0.3 is 19.8 Å². The minimum atomic E-state index is -4.52. The Morgan fingerprint density at radius 3 is 2.74 bits per heavy atom. The molecule has 2 aliphatic rings. The molecule has 0 saturated carbocycles. The Hall–Kier alpha value is -4.04. The maximum atomic E-state index is 13.4.